The summed E-state index contributed by atoms with van der Waals surface area (Å²) < 4.78 is 4.59. The number of ether oxygens (including phenoxy) is 1. The van der Waals surface area contributed by atoms with Gasteiger partial charge in [0.05, 0.1) is 12.7 Å². The molecule has 1 aliphatic rings. The van der Waals surface area contributed by atoms with E-state index in [0.29, 0.717) is 6.42 Å². The minimum absolute atomic E-state index is 0.0734. The lowest BCUT2D eigenvalue weighted by atomic mass is 10.0. The van der Waals surface area contributed by atoms with E-state index < -0.39 is 17.9 Å². The van der Waals surface area contributed by atoms with Gasteiger partial charge in [0.25, 0.3) is 5.79 Å². The minimum atomic E-state index is -2.18. The van der Waals surface area contributed by atoms with Crippen molar-refractivity contribution in [3.63, 3.8) is 0 Å². The van der Waals surface area contributed by atoms with Crippen molar-refractivity contribution in [2.75, 3.05) is 6.61 Å². The number of aliphatic carboxylic acids is 1. The molecular formula is C6H10O5. The highest BCUT2D eigenvalue weighted by Gasteiger charge is 2.42. The zero-order valence-electron chi connectivity index (χ0n) is 5.86. The molecule has 1 fully saturated rings. The number of hydrogen-bond acceptors (Lipinski definition) is 4. The first-order valence-corrected chi connectivity index (χ1v) is 3.32. The highest BCUT2D eigenvalue weighted by Crippen LogP contribution is 2.22. The van der Waals surface area contributed by atoms with Crippen LogP contribution < -0.4 is 0 Å². The van der Waals surface area contributed by atoms with E-state index in [4.69, 9.17) is 15.3 Å². The summed E-state index contributed by atoms with van der Waals surface area (Å²) >= 11 is 0. The van der Waals surface area contributed by atoms with Gasteiger partial charge in [-0.2, -0.15) is 0 Å². The van der Waals surface area contributed by atoms with Crippen LogP contribution in [-0.2, 0) is 9.53 Å². The van der Waals surface area contributed by atoms with Gasteiger partial charge < -0.3 is 20.1 Å². The maximum Gasteiger partial charge on any atom is 0.364 e. The highest BCUT2D eigenvalue weighted by atomic mass is 16.6. The average Bonchev–Trinajstić information content (AvgIpc) is 1.86. The Morgan fingerprint density at radius 1 is 1.64 bits per heavy atom. The zero-order chi connectivity index (χ0) is 8.48. The summed E-state index contributed by atoms with van der Waals surface area (Å²) in [4.78, 5) is 10.3. The number of aliphatic hydroxyl groups excluding tert-OH is 1. The Labute approximate surface area is 63.2 Å². The predicted molar refractivity (Wildman–Crippen MR) is 33.8 cm³/mol. The van der Waals surface area contributed by atoms with Crippen molar-refractivity contribution in [1.29, 1.82) is 0 Å². The number of carboxylic acid groups (broad SMARTS) is 1. The van der Waals surface area contributed by atoms with Crippen LogP contribution in [0.4, 0.5) is 0 Å². The Morgan fingerprint density at radius 2 is 2.27 bits per heavy atom. The normalized spacial score (nSPS) is 38.5. The molecule has 2 atom stereocenters. The highest BCUT2D eigenvalue weighted by molar-refractivity contribution is 5.75. The van der Waals surface area contributed by atoms with Gasteiger partial charge >= 0.3 is 5.97 Å². The van der Waals surface area contributed by atoms with E-state index in [0.717, 1.165) is 0 Å². The van der Waals surface area contributed by atoms with Gasteiger partial charge in [0.2, 0.25) is 0 Å². The molecule has 0 saturated carbocycles. The minimum Gasteiger partial charge on any atom is -0.477 e. The maximum absolute atomic E-state index is 10.3. The molecule has 0 aromatic heterocycles. The first-order valence-electron chi connectivity index (χ1n) is 3.32. The SMILES string of the molecule is O=C(O)C1(O)C[C@H](O)CCO1. The third kappa shape index (κ3) is 1.68. The molecule has 0 bridgehead atoms. The van der Waals surface area contributed by atoms with E-state index >= 15 is 0 Å². The molecule has 0 aromatic rings. The van der Waals surface area contributed by atoms with E-state index in [9.17, 15) is 4.79 Å². The summed E-state index contributed by atoms with van der Waals surface area (Å²) in [5, 5.41) is 26.6. The molecule has 1 saturated heterocycles. The summed E-state index contributed by atoms with van der Waals surface area (Å²) in [6, 6.07) is 0. The Bertz CT molecular complexity index is 168. The predicted octanol–water partition coefficient (Wildman–Crippen LogP) is -1.07. The topological polar surface area (TPSA) is 87.0 Å². The van der Waals surface area contributed by atoms with Crippen LogP contribution >= 0.6 is 0 Å². The number of carboxylic acids is 1. The van der Waals surface area contributed by atoms with Crippen LogP contribution in [0.3, 0.4) is 0 Å². The molecule has 1 heterocycles. The molecule has 5 heteroatoms. The molecule has 0 radical (unpaired) electrons. The van der Waals surface area contributed by atoms with Crippen LogP contribution in [0.2, 0.25) is 0 Å². The Kier molecular flexibility index (Phi) is 2.12. The van der Waals surface area contributed by atoms with E-state index in [2.05, 4.69) is 4.74 Å². The van der Waals surface area contributed by atoms with Crippen LogP contribution in [0.25, 0.3) is 0 Å². The van der Waals surface area contributed by atoms with Gasteiger partial charge in [0.15, 0.2) is 0 Å². The summed E-state index contributed by atoms with van der Waals surface area (Å²) in [7, 11) is 0. The fraction of sp³-hybridized carbons (Fsp3) is 0.833. The van der Waals surface area contributed by atoms with Crippen LogP contribution in [0.5, 0.6) is 0 Å². The molecular weight excluding hydrogens is 152 g/mol. The standard InChI is InChI=1S/C6H10O5/c7-4-1-2-11-6(10,3-4)5(8)9/h4,7,10H,1-3H2,(H,8,9)/t4-,6?/m1/s1. The Morgan fingerprint density at radius 3 is 2.64 bits per heavy atom. The van der Waals surface area contributed by atoms with Gasteiger partial charge in [0, 0.05) is 6.42 Å². The molecule has 64 valence electrons. The third-order valence-electron chi connectivity index (χ3n) is 1.64. The van der Waals surface area contributed by atoms with E-state index in [1.165, 1.54) is 0 Å². The molecule has 1 aliphatic heterocycles. The average molecular weight is 162 g/mol. The smallest absolute Gasteiger partial charge is 0.364 e. The summed E-state index contributed by atoms with van der Waals surface area (Å²) in [5.74, 6) is -3.63. The second-order valence-corrected chi connectivity index (χ2v) is 2.58. The van der Waals surface area contributed by atoms with Gasteiger partial charge in [-0.15, -0.1) is 0 Å². The van der Waals surface area contributed by atoms with Crippen molar-refractivity contribution in [2.24, 2.45) is 0 Å². The molecule has 0 aliphatic carbocycles. The fourth-order valence-corrected chi connectivity index (χ4v) is 0.993. The van der Waals surface area contributed by atoms with Crippen molar-refractivity contribution in [3.05, 3.63) is 0 Å². The Hall–Kier alpha value is -0.650. The van der Waals surface area contributed by atoms with Gasteiger partial charge in [-0.05, 0) is 6.42 Å². The summed E-state index contributed by atoms with van der Waals surface area (Å²) in [6.45, 7) is 0.0734. The van der Waals surface area contributed by atoms with Crippen molar-refractivity contribution in [1.82, 2.24) is 0 Å². The monoisotopic (exact) mass is 162 g/mol. The Balaban J connectivity index is 2.63. The lowest BCUT2D eigenvalue weighted by Crippen LogP contribution is -2.48. The van der Waals surface area contributed by atoms with Gasteiger partial charge in [-0.25, -0.2) is 4.79 Å². The molecule has 0 spiro atoms. The fourth-order valence-electron chi connectivity index (χ4n) is 0.993. The van der Waals surface area contributed by atoms with Crippen LogP contribution in [0.15, 0.2) is 0 Å². The number of hydrogen-bond donors (Lipinski definition) is 3. The number of aliphatic hydroxyl groups is 2. The molecule has 0 amide bonds. The maximum atomic E-state index is 10.3. The van der Waals surface area contributed by atoms with Crippen molar-refractivity contribution >= 4 is 5.97 Å². The quantitative estimate of drug-likeness (QED) is 0.457. The van der Waals surface area contributed by atoms with Gasteiger partial charge in [0.1, 0.15) is 0 Å². The molecule has 0 aromatic carbocycles. The zero-order valence-corrected chi connectivity index (χ0v) is 5.86. The number of carbonyl (C=O) groups is 1. The van der Waals surface area contributed by atoms with Crippen LogP contribution in [-0.4, -0.2) is 39.8 Å². The molecule has 1 rings (SSSR count). The first kappa shape index (κ1) is 8.45. The van der Waals surface area contributed by atoms with Crippen LogP contribution in [0.1, 0.15) is 12.8 Å². The van der Waals surface area contributed by atoms with E-state index in [-0.39, 0.29) is 13.0 Å². The molecule has 5 nitrogen and oxygen atoms in total. The molecule has 3 N–H and O–H groups in total. The number of rotatable bonds is 1. The summed E-state index contributed by atoms with van der Waals surface area (Å²) in [6.07, 6.45) is -0.678. The third-order valence-corrected chi connectivity index (χ3v) is 1.64. The second-order valence-electron chi connectivity index (χ2n) is 2.58. The van der Waals surface area contributed by atoms with Gasteiger partial charge in [-0.3, -0.25) is 0 Å². The van der Waals surface area contributed by atoms with Crippen molar-refractivity contribution < 1.29 is 24.9 Å². The molecule has 1 unspecified atom stereocenters. The lowest BCUT2D eigenvalue weighted by Gasteiger charge is -2.30. The second kappa shape index (κ2) is 2.77. The van der Waals surface area contributed by atoms with E-state index in [1.54, 1.807) is 0 Å². The molecule has 11 heavy (non-hydrogen) atoms. The largest absolute Gasteiger partial charge is 0.477 e. The summed E-state index contributed by atoms with van der Waals surface area (Å²) in [5.41, 5.74) is 0. The van der Waals surface area contributed by atoms with E-state index in [1.807, 2.05) is 0 Å². The van der Waals surface area contributed by atoms with Crippen molar-refractivity contribution in [3.8, 4) is 0 Å². The van der Waals surface area contributed by atoms with Crippen LogP contribution in [0, 0.1) is 0 Å². The van der Waals surface area contributed by atoms with Crippen molar-refractivity contribution in [2.45, 2.75) is 24.7 Å². The lowest BCUT2D eigenvalue weighted by molar-refractivity contribution is -0.248. The van der Waals surface area contributed by atoms with Gasteiger partial charge in [-0.1, -0.05) is 0 Å². The first-order chi connectivity index (χ1) is 5.04.